The zero-order valence-electron chi connectivity index (χ0n) is 24.3. The summed E-state index contributed by atoms with van der Waals surface area (Å²) in [6.07, 6.45) is 8.32. The van der Waals surface area contributed by atoms with Crippen LogP contribution in [0.2, 0.25) is 0 Å². The average Bonchev–Trinajstić information content (AvgIpc) is 2.96. The lowest BCUT2D eigenvalue weighted by Gasteiger charge is -2.13. The number of carbonyl (C=O) groups excluding carboxylic acids is 1. The number of rotatable bonds is 10. The van der Waals surface area contributed by atoms with Gasteiger partial charge in [0.05, 0.1) is 22.3 Å². The Morgan fingerprint density at radius 3 is 2.02 bits per heavy atom. The molecule has 5 aromatic rings. The van der Waals surface area contributed by atoms with Crippen molar-refractivity contribution < 1.29 is 61.9 Å². The van der Waals surface area contributed by atoms with Crippen molar-refractivity contribution in [3.05, 3.63) is 103 Å². The standard InChI is InChI=1S/C33H35N7O.2HI/c1-3-16-39-18-13-26(14-19-39)36-24-6-8-25(9-7-24)38-33(41)28-11-10-27(22-30(28)35)37-31-15-20-40(17-4-2)32-12-5-23(34)21-29(31)32;;/h5-15,18-22H,3-4,16-17,34H2,1-2H3,(H3,35,38,41);2*1H. The fraction of sp³-hybridized carbons (Fsp3) is 0.182. The highest BCUT2D eigenvalue weighted by Crippen LogP contribution is 2.28. The maximum absolute atomic E-state index is 13.0. The van der Waals surface area contributed by atoms with Crippen LogP contribution in [0.1, 0.15) is 37.0 Å². The van der Waals surface area contributed by atoms with Crippen molar-refractivity contribution in [1.29, 1.82) is 0 Å². The second-order valence-corrected chi connectivity index (χ2v) is 10.1. The second kappa shape index (κ2) is 15.7. The van der Waals surface area contributed by atoms with Crippen LogP contribution in [-0.4, -0.2) is 5.91 Å². The summed E-state index contributed by atoms with van der Waals surface area (Å²) in [6.45, 7) is 6.23. The third kappa shape index (κ3) is 8.47. The first kappa shape index (κ1) is 33.8. The van der Waals surface area contributed by atoms with Gasteiger partial charge in [-0.15, -0.1) is 0 Å². The van der Waals surface area contributed by atoms with E-state index in [9.17, 15) is 4.79 Å². The molecule has 0 aliphatic carbocycles. The molecule has 224 valence electrons. The minimum Gasteiger partial charge on any atom is -1.00 e. The van der Waals surface area contributed by atoms with E-state index in [-0.39, 0.29) is 53.9 Å². The Morgan fingerprint density at radius 2 is 1.35 bits per heavy atom. The quantitative estimate of drug-likeness (QED) is 0.0786. The Balaban J connectivity index is 0.00000253. The van der Waals surface area contributed by atoms with Gasteiger partial charge in [0.1, 0.15) is 13.1 Å². The molecular weight excluding hydrogens is 764 g/mol. The van der Waals surface area contributed by atoms with E-state index in [1.807, 2.05) is 66.7 Å². The number of nitrogens with zero attached hydrogens (tertiary/aromatic N) is 2. The Morgan fingerprint density at radius 1 is 0.698 bits per heavy atom. The van der Waals surface area contributed by atoms with Crippen molar-refractivity contribution in [3.8, 4) is 0 Å². The first-order valence-electron chi connectivity index (χ1n) is 14.0. The molecule has 0 unspecified atom stereocenters. The number of benzene rings is 3. The molecule has 0 bridgehead atoms. The summed E-state index contributed by atoms with van der Waals surface area (Å²) in [6, 6.07) is 25.0. The number of hydrogen-bond donors (Lipinski definition) is 5. The first-order valence-corrected chi connectivity index (χ1v) is 14.0. The molecule has 0 atom stereocenters. The number of nitrogens with one attached hydrogen (secondary N) is 3. The van der Waals surface area contributed by atoms with Crippen molar-refractivity contribution in [3.63, 3.8) is 0 Å². The maximum atomic E-state index is 13.0. The summed E-state index contributed by atoms with van der Waals surface area (Å²) in [5.74, 6) is -0.267. The van der Waals surface area contributed by atoms with Crippen molar-refractivity contribution in [1.82, 2.24) is 0 Å². The van der Waals surface area contributed by atoms with E-state index in [1.165, 1.54) is 0 Å². The van der Waals surface area contributed by atoms with E-state index in [1.54, 1.807) is 12.1 Å². The number of nitrogens with two attached hydrogens (primary N) is 2. The molecule has 10 heteroatoms. The number of pyridine rings is 2. The van der Waals surface area contributed by atoms with Crippen LogP contribution in [0.15, 0.2) is 97.5 Å². The first-order chi connectivity index (χ1) is 19.9. The monoisotopic (exact) mass is 801 g/mol. The smallest absolute Gasteiger partial charge is 0.257 e. The van der Waals surface area contributed by atoms with E-state index < -0.39 is 0 Å². The summed E-state index contributed by atoms with van der Waals surface area (Å²) in [4.78, 5) is 13.0. The van der Waals surface area contributed by atoms with Gasteiger partial charge in [-0.3, -0.25) is 4.79 Å². The second-order valence-electron chi connectivity index (χ2n) is 10.1. The number of halogens is 2. The Kier molecular flexibility index (Phi) is 12.4. The lowest BCUT2D eigenvalue weighted by atomic mass is 10.1. The number of nitrogen functional groups attached to an aromatic ring is 2. The fourth-order valence-corrected chi connectivity index (χ4v) is 4.85. The van der Waals surface area contributed by atoms with Crippen molar-refractivity contribution in [2.24, 2.45) is 0 Å². The van der Waals surface area contributed by atoms with Crippen molar-refractivity contribution in [2.75, 3.05) is 27.4 Å². The number of fused-ring (bicyclic) bond motifs is 1. The van der Waals surface area contributed by atoms with Crippen LogP contribution in [-0.2, 0) is 13.1 Å². The van der Waals surface area contributed by atoms with Crippen LogP contribution in [0.3, 0.4) is 0 Å². The van der Waals surface area contributed by atoms with Crippen LogP contribution in [0.4, 0.5) is 39.8 Å². The van der Waals surface area contributed by atoms with Crippen LogP contribution in [0.5, 0.6) is 0 Å². The van der Waals surface area contributed by atoms with Gasteiger partial charge in [0.15, 0.2) is 18.6 Å². The van der Waals surface area contributed by atoms with Gasteiger partial charge >= 0.3 is 0 Å². The van der Waals surface area contributed by atoms with Gasteiger partial charge in [-0.25, -0.2) is 4.57 Å². The molecule has 2 heterocycles. The predicted octanol–water partition coefficient (Wildman–Crippen LogP) is 0.147. The number of hydrogen-bond acceptors (Lipinski definition) is 5. The molecule has 2 aromatic heterocycles. The number of aromatic nitrogens is 2. The van der Waals surface area contributed by atoms with Crippen LogP contribution in [0.25, 0.3) is 10.9 Å². The van der Waals surface area contributed by atoms with Crippen LogP contribution in [0, 0.1) is 0 Å². The Hall–Kier alpha value is -3.65. The van der Waals surface area contributed by atoms with Gasteiger partial charge in [-0.2, -0.15) is 4.57 Å². The predicted molar refractivity (Wildman–Crippen MR) is 168 cm³/mol. The number of amides is 1. The third-order valence-electron chi connectivity index (χ3n) is 6.89. The molecule has 5 rings (SSSR count). The van der Waals surface area contributed by atoms with Crippen LogP contribution < -0.4 is 84.5 Å². The number of aryl methyl sites for hydroxylation is 2. The molecule has 1 amide bonds. The van der Waals surface area contributed by atoms with E-state index >= 15 is 0 Å². The molecule has 0 fully saturated rings. The number of anilines is 7. The zero-order valence-corrected chi connectivity index (χ0v) is 28.6. The van der Waals surface area contributed by atoms with Gasteiger partial charge in [-0.05, 0) is 54.6 Å². The molecule has 0 spiro atoms. The molecule has 43 heavy (non-hydrogen) atoms. The summed E-state index contributed by atoms with van der Waals surface area (Å²) >= 11 is 0. The van der Waals surface area contributed by atoms with Gasteiger partial charge in [0, 0.05) is 65.5 Å². The van der Waals surface area contributed by atoms with Gasteiger partial charge in [0.2, 0.25) is 5.52 Å². The van der Waals surface area contributed by atoms with E-state index in [2.05, 4.69) is 57.5 Å². The number of carbonyl (C=O) groups is 1. The normalized spacial score (nSPS) is 10.4. The summed E-state index contributed by atoms with van der Waals surface area (Å²) in [5, 5.41) is 10.8. The molecule has 3 aromatic carbocycles. The maximum Gasteiger partial charge on any atom is 0.257 e. The van der Waals surface area contributed by atoms with E-state index in [4.69, 9.17) is 11.5 Å². The highest BCUT2D eigenvalue weighted by atomic mass is 127. The molecule has 8 nitrogen and oxygen atoms in total. The van der Waals surface area contributed by atoms with Gasteiger partial charge in [-0.1, -0.05) is 13.8 Å². The highest BCUT2D eigenvalue weighted by molar-refractivity contribution is 6.08. The molecule has 0 saturated heterocycles. The molecule has 0 aliphatic heterocycles. The molecular formula is C33H37I2N7O. The minimum absolute atomic E-state index is 0. The Bertz CT molecular complexity index is 1680. The summed E-state index contributed by atoms with van der Waals surface area (Å²) < 4.78 is 4.37. The van der Waals surface area contributed by atoms with Crippen LogP contribution >= 0.6 is 0 Å². The fourth-order valence-electron chi connectivity index (χ4n) is 4.85. The lowest BCUT2D eigenvalue weighted by molar-refractivity contribution is -0.696. The lowest BCUT2D eigenvalue weighted by Crippen LogP contribution is -3.00. The molecule has 0 radical (unpaired) electrons. The molecule has 7 N–H and O–H groups in total. The third-order valence-corrected chi connectivity index (χ3v) is 6.89. The topological polar surface area (TPSA) is 113 Å². The van der Waals surface area contributed by atoms with Gasteiger partial charge in [0.25, 0.3) is 5.91 Å². The Labute approximate surface area is 286 Å². The average molecular weight is 802 g/mol. The largest absolute Gasteiger partial charge is 1.00 e. The van der Waals surface area contributed by atoms with Crippen molar-refractivity contribution >= 4 is 56.6 Å². The van der Waals surface area contributed by atoms with Gasteiger partial charge < -0.3 is 75.4 Å². The molecule has 0 aliphatic rings. The minimum atomic E-state index is -0.267. The SMILES string of the molecule is CCC[n+]1ccc(Nc2ccc(NC(=O)c3ccc(Nc4cc[n+](CCC)c5ccc(N)cc45)cc3N)cc2)cc1.[I-].[I-]. The summed E-state index contributed by atoms with van der Waals surface area (Å²) in [7, 11) is 0. The molecule has 0 saturated carbocycles. The summed E-state index contributed by atoms with van der Waals surface area (Å²) in [5.41, 5.74) is 19.3. The van der Waals surface area contributed by atoms with E-state index in [0.29, 0.717) is 22.6 Å². The van der Waals surface area contributed by atoms with E-state index in [0.717, 1.165) is 59.6 Å². The van der Waals surface area contributed by atoms with Crippen molar-refractivity contribution in [2.45, 2.75) is 39.8 Å². The zero-order chi connectivity index (χ0) is 28.8. The highest BCUT2D eigenvalue weighted by Gasteiger charge is 2.15.